The van der Waals surface area contributed by atoms with Gasteiger partial charge in [0.25, 0.3) is 5.91 Å². The van der Waals surface area contributed by atoms with Gasteiger partial charge >= 0.3 is 17.9 Å². The molecule has 0 radical (unpaired) electrons. The number of carboxylic acid groups (broad SMARTS) is 3. The van der Waals surface area contributed by atoms with Crippen molar-refractivity contribution in [2.75, 3.05) is 92.2 Å². The van der Waals surface area contributed by atoms with E-state index in [9.17, 15) is 39.3 Å². The molecule has 6 N–H and O–H groups in total. The lowest BCUT2D eigenvalue weighted by Gasteiger charge is -2.32. The molecule has 16 heteroatoms. The van der Waals surface area contributed by atoms with E-state index in [0.717, 1.165) is 11.1 Å². The molecule has 1 aliphatic rings. The highest BCUT2D eigenvalue weighted by Gasteiger charge is 2.21. The Morgan fingerprint density at radius 2 is 1.00 bits per heavy atom. The van der Waals surface area contributed by atoms with E-state index >= 15 is 0 Å². The number of carboxylic acids is 3. The average molecular weight is 610 g/mol. The van der Waals surface area contributed by atoms with E-state index in [1.807, 2.05) is 29.2 Å². The zero-order chi connectivity index (χ0) is 31.6. The molecular weight excluding hydrogens is 566 g/mol. The van der Waals surface area contributed by atoms with Crippen molar-refractivity contribution in [3.05, 3.63) is 35.4 Å². The van der Waals surface area contributed by atoms with Crippen molar-refractivity contribution >= 4 is 29.7 Å². The summed E-state index contributed by atoms with van der Waals surface area (Å²) in [5, 5.41) is 33.9. The second-order valence-electron chi connectivity index (χ2n) is 10.2. The first-order valence-corrected chi connectivity index (χ1v) is 14.0. The molecule has 43 heavy (non-hydrogen) atoms. The number of aliphatic carboxylic acids is 3. The summed E-state index contributed by atoms with van der Waals surface area (Å²) >= 11 is 0. The molecule has 240 valence electrons. The highest BCUT2D eigenvalue weighted by atomic mass is 16.6. The summed E-state index contributed by atoms with van der Waals surface area (Å²) in [7, 11) is 1.36. The molecule has 2 rings (SSSR count). The van der Waals surface area contributed by atoms with E-state index in [4.69, 9.17) is 0 Å². The van der Waals surface area contributed by atoms with Crippen LogP contribution in [-0.2, 0) is 41.9 Å². The van der Waals surface area contributed by atoms with Gasteiger partial charge < -0.3 is 26.0 Å². The quantitative estimate of drug-likeness (QED) is 0.114. The molecular formula is C27H43N7O9. The summed E-state index contributed by atoms with van der Waals surface area (Å²) < 4.78 is 0. The molecule has 1 aromatic rings. The summed E-state index contributed by atoms with van der Waals surface area (Å²) in [6.07, 6.45) is 0. The number of hydrogen-bond donors (Lipinski definition) is 6. The molecule has 0 aliphatic carbocycles. The van der Waals surface area contributed by atoms with Gasteiger partial charge in [0.1, 0.15) is 0 Å². The van der Waals surface area contributed by atoms with Gasteiger partial charge in [0, 0.05) is 65.4 Å². The molecule has 2 amide bonds. The summed E-state index contributed by atoms with van der Waals surface area (Å²) in [5.41, 5.74) is 4.07. The first kappa shape index (κ1) is 35.5. The predicted molar refractivity (Wildman–Crippen MR) is 154 cm³/mol. The molecule has 1 heterocycles. The average Bonchev–Trinajstić information content (AvgIpc) is 2.93. The highest BCUT2D eigenvalue weighted by Crippen LogP contribution is 2.05. The molecule has 0 atom stereocenters. The summed E-state index contributed by atoms with van der Waals surface area (Å²) in [6, 6.07) is 7.55. The second-order valence-corrected chi connectivity index (χ2v) is 10.2. The molecule has 16 nitrogen and oxygen atoms in total. The van der Waals surface area contributed by atoms with Crippen molar-refractivity contribution in [3.8, 4) is 0 Å². The van der Waals surface area contributed by atoms with Gasteiger partial charge in [-0.2, -0.15) is 0 Å². The van der Waals surface area contributed by atoms with E-state index in [1.165, 1.54) is 7.11 Å². The van der Waals surface area contributed by atoms with Gasteiger partial charge in [-0.25, -0.2) is 5.48 Å². The second kappa shape index (κ2) is 19.5. The van der Waals surface area contributed by atoms with E-state index < -0.39 is 17.9 Å². The Balaban J connectivity index is 1.97. The lowest BCUT2D eigenvalue weighted by atomic mass is 10.1. The van der Waals surface area contributed by atoms with Crippen LogP contribution in [0.2, 0.25) is 0 Å². The van der Waals surface area contributed by atoms with Crippen molar-refractivity contribution in [3.63, 3.8) is 0 Å². The number of hydrogen-bond acceptors (Lipinski definition) is 11. The predicted octanol–water partition coefficient (Wildman–Crippen LogP) is -2.45. The minimum atomic E-state index is -1.02. The SMILES string of the molecule is CONC(=O)CNCc1ccc(CNC(=O)CN2CCN(CC(=O)O)CCN(CC(=O)O)CCN(CC(=O)O)CC2)cc1. The first-order valence-electron chi connectivity index (χ1n) is 14.0. The Morgan fingerprint density at radius 1 is 0.628 bits per heavy atom. The monoisotopic (exact) mass is 609 g/mol. The normalized spacial score (nSPS) is 16.5. The van der Waals surface area contributed by atoms with Gasteiger partial charge in [-0.3, -0.25) is 48.4 Å². The van der Waals surface area contributed by atoms with E-state index in [2.05, 4.69) is 21.0 Å². The number of nitrogens with zero attached hydrogens (tertiary/aromatic N) is 4. The molecule has 0 spiro atoms. The number of carbonyl (C=O) groups excluding carboxylic acids is 2. The topological polar surface area (TPSA) is 204 Å². The van der Waals surface area contributed by atoms with E-state index in [0.29, 0.717) is 65.4 Å². The molecule has 1 aliphatic heterocycles. The van der Waals surface area contributed by atoms with Gasteiger partial charge in [0.15, 0.2) is 0 Å². The Kier molecular flexibility index (Phi) is 16.1. The van der Waals surface area contributed by atoms with E-state index in [1.54, 1.807) is 14.7 Å². The van der Waals surface area contributed by atoms with Crippen molar-refractivity contribution in [2.24, 2.45) is 0 Å². The molecule has 0 unspecified atom stereocenters. The van der Waals surface area contributed by atoms with Crippen molar-refractivity contribution in [1.82, 2.24) is 35.7 Å². The minimum absolute atomic E-state index is 0.0402. The Morgan fingerprint density at radius 3 is 1.37 bits per heavy atom. The van der Waals surface area contributed by atoms with Crippen molar-refractivity contribution < 1.29 is 44.1 Å². The van der Waals surface area contributed by atoms with Crippen LogP contribution in [0.4, 0.5) is 0 Å². The largest absolute Gasteiger partial charge is 0.480 e. The van der Waals surface area contributed by atoms with Gasteiger partial charge in [-0.15, -0.1) is 0 Å². The van der Waals surface area contributed by atoms with Crippen LogP contribution in [0.15, 0.2) is 24.3 Å². The van der Waals surface area contributed by atoms with Crippen LogP contribution >= 0.6 is 0 Å². The molecule has 1 saturated heterocycles. The fourth-order valence-corrected chi connectivity index (χ4v) is 4.49. The van der Waals surface area contributed by atoms with Crippen LogP contribution < -0.4 is 16.1 Å². The Labute approximate surface area is 250 Å². The number of rotatable bonds is 15. The molecule has 0 saturated carbocycles. The van der Waals surface area contributed by atoms with Crippen molar-refractivity contribution in [1.29, 1.82) is 0 Å². The highest BCUT2D eigenvalue weighted by molar-refractivity contribution is 5.78. The third-order valence-electron chi connectivity index (χ3n) is 6.72. The third kappa shape index (κ3) is 15.9. The fraction of sp³-hybridized carbons (Fsp3) is 0.593. The molecule has 1 fully saturated rings. The van der Waals surface area contributed by atoms with Crippen LogP contribution in [0.3, 0.4) is 0 Å². The van der Waals surface area contributed by atoms with Gasteiger partial charge in [0.05, 0.1) is 39.8 Å². The van der Waals surface area contributed by atoms with Crippen LogP contribution in [0.5, 0.6) is 0 Å². The number of benzene rings is 1. The van der Waals surface area contributed by atoms with Crippen molar-refractivity contribution in [2.45, 2.75) is 13.1 Å². The van der Waals surface area contributed by atoms with E-state index in [-0.39, 0.29) is 44.5 Å². The lowest BCUT2D eigenvalue weighted by molar-refractivity contribution is -0.140. The van der Waals surface area contributed by atoms with Crippen LogP contribution in [-0.4, -0.2) is 157 Å². The summed E-state index contributed by atoms with van der Waals surface area (Å²) in [6.45, 7) is 2.87. The van der Waals surface area contributed by atoms with Crippen LogP contribution in [0.25, 0.3) is 0 Å². The van der Waals surface area contributed by atoms with Gasteiger partial charge in [-0.1, -0.05) is 24.3 Å². The lowest BCUT2D eigenvalue weighted by Crippen LogP contribution is -2.49. The van der Waals surface area contributed by atoms with Crippen LogP contribution in [0, 0.1) is 0 Å². The zero-order valence-electron chi connectivity index (χ0n) is 24.5. The minimum Gasteiger partial charge on any atom is -0.480 e. The maximum absolute atomic E-state index is 12.9. The number of carbonyl (C=O) groups is 5. The number of amides is 2. The standard InChI is InChI=1S/C27H43N7O9/c1-43-30-23(35)16-28-14-21-2-4-22(5-3-21)15-29-24(36)17-31-6-8-32(18-25(37)38)10-12-34(20-27(41)42)13-11-33(9-7-31)19-26(39)40/h2-5,28H,6-20H2,1H3,(H,29,36)(H,30,35)(H,37,38)(H,39,40)(H,41,42). The summed E-state index contributed by atoms with van der Waals surface area (Å²) in [5.74, 6) is -3.55. The number of hydroxylamine groups is 1. The first-order chi connectivity index (χ1) is 20.5. The zero-order valence-corrected chi connectivity index (χ0v) is 24.5. The summed E-state index contributed by atoms with van der Waals surface area (Å²) in [4.78, 5) is 70.0. The van der Waals surface area contributed by atoms with Gasteiger partial charge in [0.2, 0.25) is 5.91 Å². The van der Waals surface area contributed by atoms with Gasteiger partial charge in [-0.05, 0) is 11.1 Å². The third-order valence-corrected chi connectivity index (χ3v) is 6.72. The molecule has 0 aromatic heterocycles. The van der Waals surface area contributed by atoms with Crippen LogP contribution in [0.1, 0.15) is 11.1 Å². The Hall–Kier alpha value is -3.67. The maximum atomic E-state index is 12.9. The maximum Gasteiger partial charge on any atom is 0.317 e. The Bertz CT molecular complexity index is 1030. The molecule has 0 bridgehead atoms. The molecule has 1 aromatic carbocycles. The smallest absolute Gasteiger partial charge is 0.317 e. The number of nitrogens with one attached hydrogen (secondary N) is 3. The fourth-order valence-electron chi connectivity index (χ4n) is 4.49.